The van der Waals surface area contributed by atoms with Gasteiger partial charge in [-0.2, -0.15) is 0 Å². The van der Waals surface area contributed by atoms with Crippen molar-refractivity contribution in [1.29, 1.82) is 0 Å². The molecule has 1 atom stereocenters. The summed E-state index contributed by atoms with van der Waals surface area (Å²) in [5, 5.41) is -0.432. The largest absolute Gasteiger partial charge is 0.329 e. The molecule has 0 aliphatic heterocycles. The topological polar surface area (TPSA) is 72.2 Å². The third kappa shape index (κ3) is 3.74. The van der Waals surface area contributed by atoms with Crippen LogP contribution in [0.3, 0.4) is 0 Å². The van der Waals surface area contributed by atoms with E-state index >= 15 is 0 Å². The second-order valence-corrected chi connectivity index (χ2v) is 6.34. The summed E-state index contributed by atoms with van der Waals surface area (Å²) >= 11 is 0. The van der Waals surface area contributed by atoms with Gasteiger partial charge in [-0.3, -0.25) is 0 Å². The fourth-order valence-electron chi connectivity index (χ4n) is 1.82. The Labute approximate surface area is 92.7 Å². The smallest absolute Gasteiger partial charge is 0.215 e. The lowest BCUT2D eigenvalue weighted by atomic mass is 9.83. The second-order valence-electron chi connectivity index (χ2n) is 4.29. The number of hydrogen-bond acceptors (Lipinski definition) is 3. The Morgan fingerprint density at radius 2 is 2.13 bits per heavy atom. The second kappa shape index (κ2) is 5.82. The lowest BCUT2D eigenvalue weighted by Gasteiger charge is -2.25. The van der Waals surface area contributed by atoms with Crippen molar-refractivity contribution in [3.8, 4) is 0 Å². The first-order valence-electron chi connectivity index (χ1n) is 5.78. The average Bonchev–Trinajstić information content (AvgIpc) is 2.11. The molecule has 0 spiro atoms. The Balaban J connectivity index is 2.28. The molecule has 3 N–H and O–H groups in total. The minimum absolute atomic E-state index is 0.204. The van der Waals surface area contributed by atoms with Crippen LogP contribution < -0.4 is 10.5 Å². The molecule has 1 saturated carbocycles. The average molecular weight is 234 g/mol. The number of nitrogens with two attached hydrogens (primary N) is 1. The number of rotatable bonds is 7. The minimum atomic E-state index is -3.18. The molecule has 1 unspecified atom stereocenters. The molecule has 1 aliphatic rings. The normalized spacial score (nSPS) is 19.9. The molecule has 0 aromatic carbocycles. The van der Waals surface area contributed by atoms with Crippen LogP contribution in [0, 0.1) is 5.92 Å². The highest BCUT2D eigenvalue weighted by Crippen LogP contribution is 2.28. The maximum atomic E-state index is 11.7. The van der Waals surface area contributed by atoms with Crippen molar-refractivity contribution < 1.29 is 8.42 Å². The van der Waals surface area contributed by atoms with Crippen LogP contribution in [0.2, 0.25) is 0 Å². The van der Waals surface area contributed by atoms with E-state index in [4.69, 9.17) is 5.73 Å². The van der Waals surface area contributed by atoms with E-state index in [1.807, 2.05) is 6.92 Å². The van der Waals surface area contributed by atoms with E-state index in [1.165, 1.54) is 19.3 Å². The molecule has 0 saturated heterocycles. The SMILES string of the molecule is CCC(CN)S(=O)(=O)NCCC1CCC1. The van der Waals surface area contributed by atoms with Crippen LogP contribution in [0.15, 0.2) is 0 Å². The maximum Gasteiger partial charge on any atom is 0.215 e. The van der Waals surface area contributed by atoms with Crippen molar-refractivity contribution in [2.24, 2.45) is 11.7 Å². The molecule has 0 heterocycles. The molecule has 15 heavy (non-hydrogen) atoms. The Kier molecular flexibility index (Phi) is 5.02. The number of sulfonamides is 1. The van der Waals surface area contributed by atoms with Gasteiger partial charge in [0.05, 0.1) is 5.25 Å². The predicted molar refractivity (Wildman–Crippen MR) is 62.0 cm³/mol. The van der Waals surface area contributed by atoms with E-state index in [9.17, 15) is 8.42 Å². The molecule has 1 rings (SSSR count). The fraction of sp³-hybridized carbons (Fsp3) is 1.00. The maximum absolute atomic E-state index is 11.7. The first kappa shape index (κ1) is 12.9. The van der Waals surface area contributed by atoms with Crippen molar-refractivity contribution in [3.63, 3.8) is 0 Å². The summed E-state index contributed by atoms with van der Waals surface area (Å²) < 4.78 is 26.0. The minimum Gasteiger partial charge on any atom is -0.329 e. The zero-order chi connectivity index (χ0) is 11.3. The molecule has 4 nitrogen and oxygen atoms in total. The van der Waals surface area contributed by atoms with Gasteiger partial charge in [-0.05, 0) is 18.8 Å². The molecular formula is C10H22N2O2S. The van der Waals surface area contributed by atoms with Gasteiger partial charge in [0, 0.05) is 13.1 Å². The van der Waals surface area contributed by atoms with Gasteiger partial charge in [0.25, 0.3) is 0 Å². The van der Waals surface area contributed by atoms with Crippen LogP contribution in [0.5, 0.6) is 0 Å². The van der Waals surface area contributed by atoms with Gasteiger partial charge in [-0.1, -0.05) is 26.2 Å². The predicted octanol–water partition coefficient (Wildman–Crippen LogP) is 0.833. The van der Waals surface area contributed by atoms with Crippen LogP contribution in [-0.4, -0.2) is 26.8 Å². The van der Waals surface area contributed by atoms with E-state index in [0.29, 0.717) is 13.0 Å². The molecule has 0 bridgehead atoms. The summed E-state index contributed by atoms with van der Waals surface area (Å²) in [4.78, 5) is 0. The fourth-order valence-corrected chi connectivity index (χ4v) is 3.15. The Bertz CT molecular complexity index is 269. The summed E-state index contributed by atoms with van der Waals surface area (Å²) in [5.74, 6) is 0.741. The van der Waals surface area contributed by atoms with Gasteiger partial charge in [0.1, 0.15) is 0 Å². The highest BCUT2D eigenvalue weighted by molar-refractivity contribution is 7.90. The lowest BCUT2D eigenvalue weighted by Crippen LogP contribution is -2.39. The van der Waals surface area contributed by atoms with Gasteiger partial charge in [-0.15, -0.1) is 0 Å². The summed E-state index contributed by atoms with van der Waals surface area (Å²) in [6.07, 6.45) is 5.37. The van der Waals surface area contributed by atoms with Gasteiger partial charge in [0.15, 0.2) is 0 Å². The van der Waals surface area contributed by atoms with Gasteiger partial charge in [-0.25, -0.2) is 13.1 Å². The van der Waals surface area contributed by atoms with Crippen molar-refractivity contribution in [3.05, 3.63) is 0 Å². The lowest BCUT2D eigenvalue weighted by molar-refractivity contribution is 0.297. The van der Waals surface area contributed by atoms with Gasteiger partial charge >= 0.3 is 0 Å². The molecule has 1 aliphatic carbocycles. The molecule has 0 amide bonds. The van der Waals surface area contributed by atoms with Gasteiger partial charge < -0.3 is 5.73 Å². The molecule has 5 heteroatoms. The van der Waals surface area contributed by atoms with Crippen LogP contribution in [0.1, 0.15) is 39.0 Å². The first-order valence-corrected chi connectivity index (χ1v) is 7.33. The van der Waals surface area contributed by atoms with E-state index in [-0.39, 0.29) is 6.54 Å². The van der Waals surface area contributed by atoms with Crippen molar-refractivity contribution in [1.82, 2.24) is 4.72 Å². The quantitative estimate of drug-likeness (QED) is 0.685. The number of nitrogens with one attached hydrogen (secondary N) is 1. The summed E-state index contributed by atoms with van der Waals surface area (Å²) in [7, 11) is -3.18. The monoisotopic (exact) mass is 234 g/mol. The van der Waals surface area contributed by atoms with E-state index < -0.39 is 15.3 Å². The van der Waals surface area contributed by atoms with Crippen molar-refractivity contribution >= 4 is 10.0 Å². The molecular weight excluding hydrogens is 212 g/mol. The third-order valence-corrected chi connectivity index (χ3v) is 5.25. The molecule has 90 valence electrons. The molecule has 0 radical (unpaired) electrons. The zero-order valence-electron chi connectivity index (χ0n) is 9.41. The van der Waals surface area contributed by atoms with Crippen molar-refractivity contribution in [2.45, 2.75) is 44.3 Å². The third-order valence-electron chi connectivity index (χ3n) is 3.24. The van der Waals surface area contributed by atoms with E-state index in [0.717, 1.165) is 12.3 Å². The summed E-state index contributed by atoms with van der Waals surface area (Å²) in [5.41, 5.74) is 5.42. The van der Waals surface area contributed by atoms with Crippen molar-refractivity contribution in [2.75, 3.05) is 13.1 Å². The molecule has 0 aromatic rings. The molecule has 1 fully saturated rings. The molecule has 0 aromatic heterocycles. The Morgan fingerprint density at radius 3 is 2.53 bits per heavy atom. The van der Waals surface area contributed by atoms with E-state index in [1.54, 1.807) is 0 Å². The zero-order valence-corrected chi connectivity index (χ0v) is 10.2. The number of hydrogen-bond donors (Lipinski definition) is 2. The van der Waals surface area contributed by atoms with Crippen LogP contribution >= 0.6 is 0 Å². The highest BCUT2D eigenvalue weighted by atomic mass is 32.2. The first-order chi connectivity index (χ1) is 7.10. The summed E-state index contributed by atoms with van der Waals surface area (Å²) in [6, 6.07) is 0. The standard InChI is InChI=1S/C10H22N2O2S/c1-2-10(8-11)15(13,14)12-7-6-9-4-3-5-9/h9-10,12H,2-8,11H2,1H3. The summed E-state index contributed by atoms with van der Waals surface area (Å²) in [6.45, 7) is 2.63. The Hall–Kier alpha value is -0.130. The van der Waals surface area contributed by atoms with E-state index in [2.05, 4.69) is 4.72 Å². The van der Waals surface area contributed by atoms with Crippen LogP contribution in [-0.2, 0) is 10.0 Å². The van der Waals surface area contributed by atoms with Crippen LogP contribution in [0.4, 0.5) is 0 Å². The Morgan fingerprint density at radius 1 is 1.47 bits per heavy atom. The highest BCUT2D eigenvalue weighted by Gasteiger charge is 2.23. The van der Waals surface area contributed by atoms with Crippen LogP contribution in [0.25, 0.3) is 0 Å². The van der Waals surface area contributed by atoms with Gasteiger partial charge in [0.2, 0.25) is 10.0 Å².